The molecule has 1 unspecified atom stereocenters. The minimum Gasteiger partial charge on any atom is -0.206 e. The summed E-state index contributed by atoms with van der Waals surface area (Å²) in [4.78, 5) is 0. The van der Waals surface area contributed by atoms with Gasteiger partial charge in [-0.1, -0.05) is 31.2 Å². The number of benzene rings is 1. The van der Waals surface area contributed by atoms with Gasteiger partial charge in [0.1, 0.15) is 5.82 Å². The van der Waals surface area contributed by atoms with E-state index in [0.717, 1.165) is 12.0 Å². The van der Waals surface area contributed by atoms with Gasteiger partial charge < -0.3 is 0 Å². The first kappa shape index (κ1) is 9.97. The molecule has 0 bridgehead atoms. The zero-order valence-corrected chi connectivity index (χ0v) is 8.18. The molecule has 0 radical (unpaired) electrons. The second-order valence-electron chi connectivity index (χ2n) is 3.40. The molecule has 0 N–H and O–H groups in total. The van der Waals surface area contributed by atoms with Crippen molar-refractivity contribution in [1.82, 2.24) is 0 Å². The standard InChI is InChI=1S/C12H15F/c1-4-6-9(2)11-8-5-7-10(3)12(11)13/h4-5,7-9H,1,6H2,2-3H3. The summed E-state index contributed by atoms with van der Waals surface area (Å²) < 4.78 is 13.5. The number of allylic oxidation sites excluding steroid dienone is 1. The van der Waals surface area contributed by atoms with Crippen LogP contribution in [0.3, 0.4) is 0 Å². The van der Waals surface area contributed by atoms with Gasteiger partial charge in [-0.05, 0) is 30.4 Å². The molecule has 70 valence electrons. The quantitative estimate of drug-likeness (QED) is 0.617. The summed E-state index contributed by atoms with van der Waals surface area (Å²) >= 11 is 0. The highest BCUT2D eigenvalue weighted by atomic mass is 19.1. The zero-order valence-electron chi connectivity index (χ0n) is 8.18. The van der Waals surface area contributed by atoms with Gasteiger partial charge in [-0.15, -0.1) is 6.58 Å². The minimum atomic E-state index is -0.0724. The third kappa shape index (κ3) is 2.18. The van der Waals surface area contributed by atoms with E-state index in [1.165, 1.54) is 0 Å². The lowest BCUT2D eigenvalue weighted by Gasteiger charge is -2.11. The maximum absolute atomic E-state index is 13.5. The van der Waals surface area contributed by atoms with E-state index in [1.54, 1.807) is 13.0 Å². The summed E-state index contributed by atoms with van der Waals surface area (Å²) in [5, 5.41) is 0. The minimum absolute atomic E-state index is 0.0724. The van der Waals surface area contributed by atoms with E-state index in [0.29, 0.717) is 5.56 Å². The van der Waals surface area contributed by atoms with E-state index in [-0.39, 0.29) is 11.7 Å². The first-order valence-electron chi connectivity index (χ1n) is 4.52. The van der Waals surface area contributed by atoms with Gasteiger partial charge in [-0.25, -0.2) is 4.39 Å². The zero-order chi connectivity index (χ0) is 9.84. The Morgan fingerprint density at radius 1 is 1.54 bits per heavy atom. The van der Waals surface area contributed by atoms with Crippen molar-refractivity contribution >= 4 is 0 Å². The summed E-state index contributed by atoms with van der Waals surface area (Å²) in [7, 11) is 0. The molecular weight excluding hydrogens is 163 g/mol. The summed E-state index contributed by atoms with van der Waals surface area (Å²) in [5.41, 5.74) is 1.51. The third-order valence-electron chi connectivity index (χ3n) is 2.27. The Kier molecular flexibility index (Phi) is 3.24. The van der Waals surface area contributed by atoms with E-state index in [4.69, 9.17) is 0 Å². The monoisotopic (exact) mass is 178 g/mol. The van der Waals surface area contributed by atoms with E-state index < -0.39 is 0 Å². The van der Waals surface area contributed by atoms with Crippen LogP contribution in [0.2, 0.25) is 0 Å². The van der Waals surface area contributed by atoms with Crippen LogP contribution in [-0.2, 0) is 0 Å². The van der Waals surface area contributed by atoms with Gasteiger partial charge in [0.15, 0.2) is 0 Å². The van der Waals surface area contributed by atoms with Gasteiger partial charge in [0, 0.05) is 0 Å². The van der Waals surface area contributed by atoms with Gasteiger partial charge in [0.2, 0.25) is 0 Å². The van der Waals surface area contributed by atoms with Crippen molar-refractivity contribution < 1.29 is 4.39 Å². The number of halogens is 1. The van der Waals surface area contributed by atoms with E-state index in [9.17, 15) is 4.39 Å². The molecule has 13 heavy (non-hydrogen) atoms. The summed E-state index contributed by atoms with van der Waals surface area (Å²) in [6, 6.07) is 5.53. The van der Waals surface area contributed by atoms with Gasteiger partial charge in [0.05, 0.1) is 0 Å². The molecule has 1 aromatic rings. The molecule has 0 aliphatic rings. The molecular formula is C12H15F. The first-order chi connectivity index (χ1) is 6.16. The van der Waals surface area contributed by atoms with Gasteiger partial charge in [-0.3, -0.25) is 0 Å². The second kappa shape index (κ2) is 4.22. The lowest BCUT2D eigenvalue weighted by Crippen LogP contribution is -1.97. The molecule has 0 aromatic heterocycles. The molecule has 1 heteroatoms. The number of hydrogen-bond donors (Lipinski definition) is 0. The molecule has 0 saturated heterocycles. The normalized spacial score (nSPS) is 12.5. The van der Waals surface area contributed by atoms with Crippen LogP contribution in [0.15, 0.2) is 30.9 Å². The fraction of sp³-hybridized carbons (Fsp3) is 0.333. The Morgan fingerprint density at radius 3 is 2.85 bits per heavy atom. The van der Waals surface area contributed by atoms with Crippen LogP contribution in [0.4, 0.5) is 4.39 Å². The highest BCUT2D eigenvalue weighted by Crippen LogP contribution is 2.23. The Bertz CT molecular complexity index is 302. The molecule has 0 aliphatic heterocycles. The lowest BCUT2D eigenvalue weighted by atomic mass is 9.96. The van der Waals surface area contributed by atoms with Crippen LogP contribution in [0.1, 0.15) is 30.4 Å². The molecule has 1 aromatic carbocycles. The van der Waals surface area contributed by atoms with E-state index in [2.05, 4.69) is 6.58 Å². The van der Waals surface area contributed by atoms with Crippen LogP contribution < -0.4 is 0 Å². The van der Waals surface area contributed by atoms with Crippen LogP contribution in [-0.4, -0.2) is 0 Å². The van der Waals surface area contributed by atoms with Crippen LogP contribution in [0.5, 0.6) is 0 Å². The lowest BCUT2D eigenvalue weighted by molar-refractivity contribution is 0.582. The Morgan fingerprint density at radius 2 is 2.23 bits per heavy atom. The Balaban J connectivity index is 3.00. The number of rotatable bonds is 3. The fourth-order valence-electron chi connectivity index (χ4n) is 1.43. The van der Waals surface area contributed by atoms with Gasteiger partial charge in [0.25, 0.3) is 0 Å². The SMILES string of the molecule is C=CCC(C)c1cccc(C)c1F. The largest absolute Gasteiger partial charge is 0.206 e. The van der Waals surface area contributed by atoms with Crippen LogP contribution >= 0.6 is 0 Å². The average molecular weight is 178 g/mol. The molecule has 1 atom stereocenters. The van der Waals surface area contributed by atoms with Crippen molar-refractivity contribution in [3.63, 3.8) is 0 Å². The maximum atomic E-state index is 13.5. The summed E-state index contributed by atoms with van der Waals surface area (Å²) in [5.74, 6) is 0.147. The Labute approximate surface area is 79.1 Å². The van der Waals surface area contributed by atoms with Gasteiger partial charge in [-0.2, -0.15) is 0 Å². The van der Waals surface area contributed by atoms with Crippen molar-refractivity contribution in [2.45, 2.75) is 26.2 Å². The molecule has 0 amide bonds. The molecule has 0 nitrogen and oxygen atoms in total. The van der Waals surface area contributed by atoms with Gasteiger partial charge >= 0.3 is 0 Å². The predicted molar refractivity (Wildman–Crippen MR) is 54.4 cm³/mol. The first-order valence-corrected chi connectivity index (χ1v) is 4.52. The molecule has 0 saturated carbocycles. The predicted octanol–water partition coefficient (Wildman–Crippen LogP) is 3.81. The van der Waals surface area contributed by atoms with Crippen molar-refractivity contribution in [2.24, 2.45) is 0 Å². The molecule has 0 spiro atoms. The highest BCUT2D eigenvalue weighted by molar-refractivity contribution is 5.27. The van der Waals surface area contributed by atoms with Crippen molar-refractivity contribution in [1.29, 1.82) is 0 Å². The second-order valence-corrected chi connectivity index (χ2v) is 3.40. The summed E-state index contributed by atoms with van der Waals surface area (Å²) in [6.07, 6.45) is 2.65. The van der Waals surface area contributed by atoms with Crippen LogP contribution in [0, 0.1) is 12.7 Å². The van der Waals surface area contributed by atoms with Crippen molar-refractivity contribution in [3.05, 3.63) is 47.8 Å². The average Bonchev–Trinajstić information content (AvgIpc) is 2.10. The summed E-state index contributed by atoms with van der Waals surface area (Å²) in [6.45, 7) is 7.46. The molecule has 0 heterocycles. The third-order valence-corrected chi connectivity index (χ3v) is 2.27. The van der Waals surface area contributed by atoms with Crippen molar-refractivity contribution in [2.75, 3.05) is 0 Å². The highest BCUT2D eigenvalue weighted by Gasteiger charge is 2.10. The maximum Gasteiger partial charge on any atom is 0.129 e. The molecule has 0 fully saturated rings. The smallest absolute Gasteiger partial charge is 0.129 e. The fourth-order valence-corrected chi connectivity index (χ4v) is 1.43. The number of aryl methyl sites for hydroxylation is 1. The number of hydrogen-bond acceptors (Lipinski definition) is 0. The topological polar surface area (TPSA) is 0 Å². The Hall–Kier alpha value is -1.11. The molecule has 1 rings (SSSR count). The van der Waals surface area contributed by atoms with E-state index >= 15 is 0 Å². The van der Waals surface area contributed by atoms with E-state index in [1.807, 2.05) is 25.1 Å². The van der Waals surface area contributed by atoms with Crippen LogP contribution in [0.25, 0.3) is 0 Å². The molecule has 0 aliphatic carbocycles. The van der Waals surface area contributed by atoms with Crippen molar-refractivity contribution in [3.8, 4) is 0 Å².